The number of hydrogen-bond acceptors (Lipinski definition) is 7. The Bertz CT molecular complexity index is 1260. The summed E-state index contributed by atoms with van der Waals surface area (Å²) in [5, 5.41) is 9.14. The number of ether oxygens (including phenoxy) is 2. The van der Waals surface area contributed by atoms with Gasteiger partial charge in [-0.1, -0.05) is 17.7 Å². The number of hydrogen-bond donors (Lipinski definition) is 3. The second-order valence-corrected chi connectivity index (χ2v) is 8.21. The highest BCUT2D eigenvalue weighted by Gasteiger charge is 2.14. The van der Waals surface area contributed by atoms with E-state index < -0.39 is 11.8 Å². The van der Waals surface area contributed by atoms with Crippen LogP contribution in [0.1, 0.15) is 34.9 Å². The van der Waals surface area contributed by atoms with Crippen LogP contribution in [0, 0.1) is 20.8 Å². The third-order valence-electron chi connectivity index (χ3n) is 5.16. The quantitative estimate of drug-likeness (QED) is 0.219. The molecule has 0 unspecified atom stereocenters. The molecule has 0 bridgehead atoms. The van der Waals surface area contributed by atoms with Crippen molar-refractivity contribution in [2.45, 2.75) is 34.2 Å². The maximum atomic E-state index is 12.5. The zero-order valence-corrected chi connectivity index (χ0v) is 21.2. The van der Waals surface area contributed by atoms with Gasteiger partial charge in [0, 0.05) is 5.69 Å². The van der Waals surface area contributed by atoms with Crippen LogP contribution in [0.5, 0.6) is 11.5 Å². The number of anilines is 1. The van der Waals surface area contributed by atoms with Gasteiger partial charge in [-0.3, -0.25) is 14.4 Å². The summed E-state index contributed by atoms with van der Waals surface area (Å²) in [5.74, 6) is -0.749. The highest BCUT2D eigenvalue weighted by molar-refractivity contribution is 6.35. The molecule has 1 heterocycles. The lowest BCUT2D eigenvalue weighted by Gasteiger charge is -2.15. The number of carbonyl (C=O) groups excluding carboxylic acids is 3. The van der Waals surface area contributed by atoms with Gasteiger partial charge < -0.3 is 24.5 Å². The van der Waals surface area contributed by atoms with Crippen LogP contribution in [0.15, 0.2) is 58.2 Å². The van der Waals surface area contributed by atoms with Gasteiger partial charge >= 0.3 is 11.8 Å². The van der Waals surface area contributed by atoms with Crippen molar-refractivity contribution in [2.75, 3.05) is 18.5 Å². The molecule has 0 saturated heterocycles. The van der Waals surface area contributed by atoms with Gasteiger partial charge in [0.1, 0.15) is 5.76 Å². The number of furan rings is 1. The average Bonchev–Trinajstić information content (AvgIpc) is 3.38. The number of aryl methyl sites for hydroxylation is 3. The molecule has 37 heavy (non-hydrogen) atoms. The number of nitrogens with zero attached hydrogens (tertiary/aromatic N) is 1. The van der Waals surface area contributed by atoms with Crippen LogP contribution in [0.3, 0.4) is 0 Å². The summed E-state index contributed by atoms with van der Waals surface area (Å²) in [6.07, 6.45) is 2.83. The molecule has 0 atom stereocenters. The molecule has 10 heteroatoms. The number of hydrazone groups is 1. The van der Waals surface area contributed by atoms with Crippen molar-refractivity contribution in [3.63, 3.8) is 0 Å². The summed E-state index contributed by atoms with van der Waals surface area (Å²) in [6.45, 7) is 7.97. The first kappa shape index (κ1) is 27.0. The Morgan fingerprint density at radius 1 is 0.973 bits per heavy atom. The molecule has 3 N–H and O–H groups in total. The first-order valence-corrected chi connectivity index (χ1v) is 11.7. The van der Waals surface area contributed by atoms with Crippen molar-refractivity contribution < 1.29 is 28.3 Å². The monoisotopic (exact) mass is 506 g/mol. The van der Waals surface area contributed by atoms with Crippen LogP contribution in [-0.2, 0) is 20.9 Å². The van der Waals surface area contributed by atoms with Gasteiger partial charge in [0.15, 0.2) is 18.1 Å². The van der Waals surface area contributed by atoms with Crippen molar-refractivity contribution in [1.82, 2.24) is 10.7 Å². The fraction of sp³-hybridized carbons (Fsp3) is 0.259. The minimum atomic E-state index is -0.919. The Morgan fingerprint density at radius 2 is 1.73 bits per heavy atom. The molecule has 0 aliphatic heterocycles. The molecule has 0 aliphatic rings. The third-order valence-corrected chi connectivity index (χ3v) is 5.16. The normalized spacial score (nSPS) is 10.7. The van der Waals surface area contributed by atoms with Gasteiger partial charge in [-0.05, 0) is 74.7 Å². The second kappa shape index (κ2) is 12.9. The fourth-order valence-electron chi connectivity index (χ4n) is 3.57. The van der Waals surface area contributed by atoms with Gasteiger partial charge in [0.25, 0.3) is 5.91 Å². The molecule has 3 amide bonds. The van der Waals surface area contributed by atoms with Crippen molar-refractivity contribution in [3.8, 4) is 11.5 Å². The van der Waals surface area contributed by atoms with E-state index in [-0.39, 0.29) is 19.1 Å². The molecule has 10 nitrogen and oxygen atoms in total. The van der Waals surface area contributed by atoms with Crippen molar-refractivity contribution >= 4 is 29.6 Å². The first-order chi connectivity index (χ1) is 17.8. The van der Waals surface area contributed by atoms with E-state index in [2.05, 4.69) is 21.2 Å². The topological polar surface area (TPSA) is 131 Å². The van der Waals surface area contributed by atoms with E-state index in [9.17, 15) is 14.4 Å². The smallest absolute Gasteiger partial charge is 0.329 e. The largest absolute Gasteiger partial charge is 0.490 e. The molecule has 0 saturated carbocycles. The third kappa shape index (κ3) is 7.96. The molecule has 2 aromatic carbocycles. The van der Waals surface area contributed by atoms with Crippen LogP contribution in [0.25, 0.3) is 0 Å². The van der Waals surface area contributed by atoms with Gasteiger partial charge in [-0.15, -0.1) is 0 Å². The Balaban J connectivity index is 1.55. The molecule has 0 aliphatic carbocycles. The summed E-state index contributed by atoms with van der Waals surface area (Å²) in [6, 6.07) is 12.3. The number of carbonyl (C=O) groups is 3. The molecular weight excluding hydrogens is 476 g/mol. The summed E-state index contributed by atoms with van der Waals surface area (Å²) in [4.78, 5) is 36.3. The minimum Gasteiger partial charge on any atom is -0.490 e. The van der Waals surface area contributed by atoms with E-state index in [1.807, 2.05) is 39.8 Å². The number of rotatable bonds is 10. The van der Waals surface area contributed by atoms with Gasteiger partial charge in [0.2, 0.25) is 0 Å². The summed E-state index contributed by atoms with van der Waals surface area (Å²) in [7, 11) is 0. The Morgan fingerprint density at radius 3 is 2.41 bits per heavy atom. The lowest BCUT2D eigenvalue weighted by atomic mass is 10.1. The van der Waals surface area contributed by atoms with Gasteiger partial charge in [-0.25, -0.2) is 5.43 Å². The van der Waals surface area contributed by atoms with Gasteiger partial charge in [0.05, 0.1) is 25.6 Å². The Kier molecular flexibility index (Phi) is 9.42. The summed E-state index contributed by atoms with van der Waals surface area (Å²) >= 11 is 0. The lowest BCUT2D eigenvalue weighted by Crippen LogP contribution is -2.37. The van der Waals surface area contributed by atoms with Crippen LogP contribution in [-0.4, -0.2) is 37.1 Å². The van der Waals surface area contributed by atoms with Crippen molar-refractivity contribution in [2.24, 2.45) is 5.10 Å². The molecular formula is C27H30N4O6. The summed E-state index contributed by atoms with van der Waals surface area (Å²) in [5.41, 5.74) is 6.61. The number of nitrogens with one attached hydrogen (secondary N) is 3. The maximum Gasteiger partial charge on any atom is 0.329 e. The van der Waals surface area contributed by atoms with E-state index in [0.29, 0.717) is 29.4 Å². The molecule has 0 spiro atoms. The molecule has 3 aromatic rings. The Hall–Kier alpha value is -4.60. The molecule has 0 radical (unpaired) electrons. The predicted molar refractivity (Wildman–Crippen MR) is 139 cm³/mol. The maximum absolute atomic E-state index is 12.5. The van der Waals surface area contributed by atoms with E-state index in [4.69, 9.17) is 13.9 Å². The van der Waals surface area contributed by atoms with Crippen LogP contribution >= 0.6 is 0 Å². The SMILES string of the molecule is CCOc1cc(/C=N\NC(=O)C(=O)NCc2ccco2)ccc1OCC(=O)Nc1c(C)cc(C)cc1C. The standard InChI is InChI=1S/C27H30N4O6/c1-5-35-23-13-20(14-29-31-27(34)26(33)28-15-21-7-6-10-36-21)8-9-22(23)37-16-24(32)30-25-18(3)11-17(2)12-19(25)4/h6-14H,5,15-16H2,1-4H3,(H,28,33)(H,30,32)(H,31,34)/b29-14-. The van der Waals surface area contributed by atoms with Crippen LogP contribution < -0.4 is 25.5 Å². The fourth-order valence-corrected chi connectivity index (χ4v) is 3.57. The first-order valence-electron chi connectivity index (χ1n) is 11.7. The van der Waals surface area contributed by atoms with E-state index in [0.717, 1.165) is 22.4 Å². The van der Waals surface area contributed by atoms with Crippen LogP contribution in [0.2, 0.25) is 0 Å². The van der Waals surface area contributed by atoms with E-state index in [1.165, 1.54) is 12.5 Å². The zero-order valence-electron chi connectivity index (χ0n) is 21.2. The molecule has 0 fully saturated rings. The number of benzene rings is 2. The highest BCUT2D eigenvalue weighted by Crippen LogP contribution is 2.28. The van der Waals surface area contributed by atoms with E-state index in [1.54, 1.807) is 30.3 Å². The second-order valence-electron chi connectivity index (χ2n) is 8.21. The highest BCUT2D eigenvalue weighted by atomic mass is 16.5. The minimum absolute atomic E-state index is 0.0877. The Labute approximate surface area is 215 Å². The van der Waals surface area contributed by atoms with Gasteiger partial charge in [-0.2, -0.15) is 5.10 Å². The van der Waals surface area contributed by atoms with Crippen molar-refractivity contribution in [3.05, 3.63) is 76.7 Å². The predicted octanol–water partition coefficient (Wildman–Crippen LogP) is 3.39. The molecule has 194 valence electrons. The van der Waals surface area contributed by atoms with Crippen LogP contribution in [0.4, 0.5) is 5.69 Å². The molecule has 1 aromatic heterocycles. The lowest BCUT2D eigenvalue weighted by molar-refractivity contribution is -0.139. The van der Waals surface area contributed by atoms with Crippen molar-refractivity contribution in [1.29, 1.82) is 0 Å². The number of amides is 3. The summed E-state index contributed by atoms with van der Waals surface area (Å²) < 4.78 is 16.4. The van der Waals surface area contributed by atoms with E-state index >= 15 is 0 Å². The average molecular weight is 507 g/mol. The molecule has 3 rings (SSSR count). The zero-order chi connectivity index (χ0) is 26.8.